The SMILES string of the molecule is Cc1ccc(C#CCCO)cc1S(=O)(=O)N1CCC(C)C1. The highest BCUT2D eigenvalue weighted by Crippen LogP contribution is 2.26. The lowest BCUT2D eigenvalue weighted by atomic mass is 10.1. The molecule has 2 rings (SSSR count). The first-order chi connectivity index (χ1) is 9.95. The number of hydrogen-bond acceptors (Lipinski definition) is 3. The van der Waals surface area contributed by atoms with E-state index in [-0.39, 0.29) is 6.61 Å². The molecule has 1 fully saturated rings. The summed E-state index contributed by atoms with van der Waals surface area (Å²) in [5.74, 6) is 6.12. The van der Waals surface area contributed by atoms with Gasteiger partial charge < -0.3 is 5.11 Å². The van der Waals surface area contributed by atoms with Gasteiger partial charge in [-0.25, -0.2) is 8.42 Å². The number of rotatable bonds is 3. The second kappa shape index (κ2) is 6.61. The molecule has 1 atom stereocenters. The lowest BCUT2D eigenvalue weighted by molar-refractivity contribution is 0.305. The molecule has 1 unspecified atom stereocenters. The van der Waals surface area contributed by atoms with Crippen molar-refractivity contribution in [1.82, 2.24) is 4.31 Å². The second-order valence-electron chi connectivity index (χ2n) is 5.51. The van der Waals surface area contributed by atoms with Crippen LogP contribution in [-0.2, 0) is 10.0 Å². The maximum absolute atomic E-state index is 12.7. The maximum Gasteiger partial charge on any atom is 0.243 e. The monoisotopic (exact) mass is 307 g/mol. The third kappa shape index (κ3) is 3.65. The minimum Gasteiger partial charge on any atom is -0.395 e. The van der Waals surface area contributed by atoms with Gasteiger partial charge in [-0.3, -0.25) is 0 Å². The molecule has 0 amide bonds. The zero-order valence-electron chi connectivity index (χ0n) is 12.5. The third-order valence-corrected chi connectivity index (χ3v) is 5.67. The number of aliphatic hydroxyl groups excluding tert-OH is 1. The Kier molecular flexibility index (Phi) is 5.04. The minimum atomic E-state index is -3.44. The molecule has 5 heteroatoms. The molecule has 0 spiro atoms. The fraction of sp³-hybridized carbons (Fsp3) is 0.500. The highest BCUT2D eigenvalue weighted by atomic mass is 32.2. The molecule has 0 radical (unpaired) electrons. The Morgan fingerprint density at radius 1 is 1.43 bits per heavy atom. The summed E-state index contributed by atoms with van der Waals surface area (Å²) in [5, 5.41) is 8.74. The second-order valence-corrected chi connectivity index (χ2v) is 7.42. The van der Waals surface area contributed by atoms with E-state index in [1.54, 1.807) is 23.4 Å². The number of benzene rings is 1. The van der Waals surface area contributed by atoms with E-state index >= 15 is 0 Å². The van der Waals surface area contributed by atoms with Gasteiger partial charge in [0.25, 0.3) is 0 Å². The summed E-state index contributed by atoms with van der Waals surface area (Å²) in [7, 11) is -3.44. The first-order valence-electron chi connectivity index (χ1n) is 7.15. The van der Waals surface area contributed by atoms with E-state index in [9.17, 15) is 8.42 Å². The molecule has 114 valence electrons. The summed E-state index contributed by atoms with van der Waals surface area (Å²) in [5.41, 5.74) is 1.40. The van der Waals surface area contributed by atoms with Crippen molar-refractivity contribution >= 4 is 10.0 Å². The number of sulfonamides is 1. The molecular formula is C16H21NO3S. The van der Waals surface area contributed by atoms with Gasteiger partial charge in [0.2, 0.25) is 10.0 Å². The van der Waals surface area contributed by atoms with Gasteiger partial charge in [0.05, 0.1) is 11.5 Å². The van der Waals surface area contributed by atoms with Crippen LogP contribution in [0.5, 0.6) is 0 Å². The predicted molar refractivity (Wildman–Crippen MR) is 82.3 cm³/mol. The van der Waals surface area contributed by atoms with Crippen molar-refractivity contribution in [3.05, 3.63) is 29.3 Å². The smallest absolute Gasteiger partial charge is 0.243 e. The highest BCUT2D eigenvalue weighted by molar-refractivity contribution is 7.89. The van der Waals surface area contributed by atoms with Crippen LogP contribution in [0.2, 0.25) is 0 Å². The van der Waals surface area contributed by atoms with Crippen molar-refractivity contribution < 1.29 is 13.5 Å². The fourth-order valence-corrected chi connectivity index (χ4v) is 4.25. The normalized spacial score (nSPS) is 19.3. The first kappa shape index (κ1) is 16.0. The molecule has 0 aliphatic carbocycles. The van der Waals surface area contributed by atoms with E-state index < -0.39 is 10.0 Å². The molecule has 21 heavy (non-hydrogen) atoms. The first-order valence-corrected chi connectivity index (χ1v) is 8.59. The van der Waals surface area contributed by atoms with Gasteiger partial charge in [0, 0.05) is 25.1 Å². The van der Waals surface area contributed by atoms with Crippen molar-refractivity contribution in [2.45, 2.75) is 31.6 Å². The summed E-state index contributed by atoms with van der Waals surface area (Å²) >= 11 is 0. The van der Waals surface area contributed by atoms with Gasteiger partial charge in [-0.05, 0) is 37.0 Å². The standard InChI is InChI=1S/C16H21NO3S/c1-13-8-9-17(12-13)21(19,20)16-11-15(5-3-4-10-18)7-6-14(16)2/h6-7,11,13,18H,4,8-10,12H2,1-2H3. The lowest BCUT2D eigenvalue weighted by Gasteiger charge is -2.17. The van der Waals surface area contributed by atoms with Crippen molar-refractivity contribution in [2.24, 2.45) is 5.92 Å². The van der Waals surface area contributed by atoms with Gasteiger partial charge >= 0.3 is 0 Å². The Bertz CT molecular complexity index is 670. The minimum absolute atomic E-state index is 0.00961. The number of nitrogens with zero attached hydrogens (tertiary/aromatic N) is 1. The van der Waals surface area contributed by atoms with Crippen molar-refractivity contribution in [3.8, 4) is 11.8 Å². The molecule has 1 aromatic carbocycles. The van der Waals surface area contributed by atoms with E-state index in [4.69, 9.17) is 5.11 Å². The summed E-state index contributed by atoms with van der Waals surface area (Å²) < 4.78 is 27.0. The molecule has 4 nitrogen and oxygen atoms in total. The van der Waals surface area contributed by atoms with E-state index in [1.807, 2.05) is 6.07 Å². The van der Waals surface area contributed by atoms with E-state index in [2.05, 4.69) is 18.8 Å². The van der Waals surface area contributed by atoms with E-state index in [0.717, 1.165) is 12.0 Å². The molecule has 1 heterocycles. The lowest BCUT2D eigenvalue weighted by Crippen LogP contribution is -2.29. The Hall–Kier alpha value is -1.35. The Labute approximate surface area is 126 Å². The van der Waals surface area contributed by atoms with Crippen LogP contribution in [0, 0.1) is 24.7 Å². The topological polar surface area (TPSA) is 57.6 Å². The summed E-state index contributed by atoms with van der Waals surface area (Å²) in [6, 6.07) is 5.23. The van der Waals surface area contributed by atoms with Crippen LogP contribution in [-0.4, -0.2) is 37.5 Å². The molecule has 0 aromatic heterocycles. The van der Waals surface area contributed by atoms with Crippen molar-refractivity contribution in [2.75, 3.05) is 19.7 Å². The van der Waals surface area contributed by atoms with Gasteiger partial charge in [-0.15, -0.1) is 0 Å². The molecule has 1 aromatic rings. The van der Waals surface area contributed by atoms with Crippen LogP contribution in [0.4, 0.5) is 0 Å². The third-order valence-electron chi connectivity index (χ3n) is 3.66. The Balaban J connectivity index is 2.34. The quantitative estimate of drug-likeness (QED) is 0.866. The molecule has 1 aliphatic heterocycles. The van der Waals surface area contributed by atoms with Gasteiger partial charge in [0.15, 0.2) is 0 Å². The summed E-state index contributed by atoms with van der Waals surface area (Å²) in [6.45, 7) is 5.05. The van der Waals surface area contributed by atoms with Crippen LogP contribution >= 0.6 is 0 Å². The van der Waals surface area contributed by atoms with Crippen LogP contribution in [0.3, 0.4) is 0 Å². The van der Waals surface area contributed by atoms with Crippen LogP contribution < -0.4 is 0 Å². The van der Waals surface area contributed by atoms with Crippen molar-refractivity contribution in [3.63, 3.8) is 0 Å². The number of hydrogen-bond donors (Lipinski definition) is 1. The zero-order valence-corrected chi connectivity index (χ0v) is 13.3. The molecule has 0 saturated carbocycles. The molecule has 1 saturated heterocycles. The van der Waals surface area contributed by atoms with E-state index in [1.165, 1.54) is 0 Å². The number of aryl methyl sites for hydroxylation is 1. The molecular weight excluding hydrogens is 286 g/mol. The average molecular weight is 307 g/mol. The Morgan fingerprint density at radius 2 is 2.19 bits per heavy atom. The average Bonchev–Trinajstić information content (AvgIpc) is 2.88. The highest BCUT2D eigenvalue weighted by Gasteiger charge is 2.31. The largest absolute Gasteiger partial charge is 0.395 e. The van der Waals surface area contributed by atoms with Gasteiger partial charge in [0.1, 0.15) is 0 Å². The maximum atomic E-state index is 12.7. The molecule has 1 aliphatic rings. The predicted octanol–water partition coefficient (Wildman–Crippen LogP) is 1.76. The number of aliphatic hydroxyl groups is 1. The van der Waals surface area contributed by atoms with Gasteiger partial charge in [-0.1, -0.05) is 24.8 Å². The fourth-order valence-electron chi connectivity index (χ4n) is 2.43. The van der Waals surface area contributed by atoms with Gasteiger partial charge in [-0.2, -0.15) is 4.31 Å². The summed E-state index contributed by atoms with van der Waals surface area (Å²) in [4.78, 5) is 0.340. The van der Waals surface area contributed by atoms with Crippen LogP contribution in [0.15, 0.2) is 23.1 Å². The molecule has 1 N–H and O–H groups in total. The van der Waals surface area contributed by atoms with Crippen LogP contribution in [0.25, 0.3) is 0 Å². The van der Waals surface area contributed by atoms with Crippen molar-refractivity contribution in [1.29, 1.82) is 0 Å². The zero-order chi connectivity index (χ0) is 15.5. The Morgan fingerprint density at radius 3 is 2.81 bits per heavy atom. The van der Waals surface area contributed by atoms with E-state index in [0.29, 0.717) is 35.9 Å². The summed E-state index contributed by atoms with van der Waals surface area (Å²) in [6.07, 6.45) is 1.30. The van der Waals surface area contributed by atoms with Crippen LogP contribution in [0.1, 0.15) is 30.9 Å². The molecule has 0 bridgehead atoms.